The topological polar surface area (TPSA) is 48.1 Å². The third kappa shape index (κ3) is 3.20. The Labute approximate surface area is 82.9 Å². The van der Waals surface area contributed by atoms with Crippen LogP contribution in [0.1, 0.15) is 18.9 Å². The molecule has 0 fully saturated rings. The first kappa shape index (κ1) is 10.3. The number of hydrogen-bond donors (Lipinski definition) is 1. The lowest BCUT2D eigenvalue weighted by Gasteiger charge is -2.05. The Bertz CT molecular complexity index is 278. The maximum Gasteiger partial charge on any atom is 0.128 e. The molecule has 0 radical (unpaired) electrons. The van der Waals surface area contributed by atoms with Gasteiger partial charge in [0.05, 0.1) is 11.6 Å². The Morgan fingerprint density at radius 1 is 1.62 bits per heavy atom. The van der Waals surface area contributed by atoms with Gasteiger partial charge in [-0.2, -0.15) is 0 Å². The summed E-state index contributed by atoms with van der Waals surface area (Å²) in [6, 6.07) is 1.78. The second-order valence-electron chi connectivity index (χ2n) is 2.75. The molecule has 0 bridgehead atoms. The Kier molecular flexibility index (Phi) is 3.99. The molecule has 2 N–H and O–H groups in total. The predicted molar refractivity (Wildman–Crippen MR) is 53.6 cm³/mol. The molecule has 4 heteroatoms. The lowest BCUT2D eigenvalue weighted by atomic mass is 10.3. The summed E-state index contributed by atoms with van der Waals surface area (Å²) >= 11 is 5.76. The van der Waals surface area contributed by atoms with Crippen molar-refractivity contribution in [3.05, 3.63) is 22.8 Å². The van der Waals surface area contributed by atoms with Crippen molar-refractivity contribution in [2.45, 2.75) is 20.0 Å². The van der Waals surface area contributed by atoms with E-state index in [-0.39, 0.29) is 0 Å². The Hall–Kier alpha value is -0.800. The summed E-state index contributed by atoms with van der Waals surface area (Å²) in [5, 5.41) is 0.587. The highest BCUT2D eigenvalue weighted by Gasteiger charge is 2.01. The number of rotatable bonds is 4. The molecular formula is C9H13ClN2O. The summed E-state index contributed by atoms with van der Waals surface area (Å²) in [7, 11) is 0. The number of nitrogens with two attached hydrogens (primary N) is 1. The molecule has 0 aromatic carbocycles. The molecule has 0 aliphatic carbocycles. The van der Waals surface area contributed by atoms with E-state index < -0.39 is 0 Å². The van der Waals surface area contributed by atoms with Crippen LogP contribution in [0, 0.1) is 0 Å². The summed E-state index contributed by atoms with van der Waals surface area (Å²) in [6.45, 7) is 3.26. The van der Waals surface area contributed by atoms with E-state index in [9.17, 15) is 0 Å². The summed E-state index contributed by atoms with van der Waals surface area (Å²) in [4.78, 5) is 3.92. The first-order valence-electron chi connectivity index (χ1n) is 4.21. The van der Waals surface area contributed by atoms with Gasteiger partial charge in [-0.3, -0.25) is 0 Å². The molecule has 0 spiro atoms. The third-order valence-electron chi connectivity index (χ3n) is 1.57. The van der Waals surface area contributed by atoms with Gasteiger partial charge in [-0.15, -0.1) is 0 Å². The minimum absolute atomic E-state index is 0.479. The number of nitrogen functional groups attached to an aromatic ring is 1. The van der Waals surface area contributed by atoms with Crippen molar-refractivity contribution in [2.24, 2.45) is 0 Å². The van der Waals surface area contributed by atoms with Gasteiger partial charge in [0.1, 0.15) is 5.82 Å². The molecular weight excluding hydrogens is 188 g/mol. The number of hydrogen-bond acceptors (Lipinski definition) is 3. The van der Waals surface area contributed by atoms with E-state index in [2.05, 4.69) is 11.9 Å². The maximum atomic E-state index is 5.76. The highest BCUT2D eigenvalue weighted by molar-refractivity contribution is 6.30. The molecule has 1 aromatic heterocycles. The minimum atomic E-state index is 0.479. The molecule has 0 unspecified atom stereocenters. The molecule has 0 aliphatic heterocycles. The fourth-order valence-electron chi connectivity index (χ4n) is 0.934. The summed E-state index contributed by atoms with van der Waals surface area (Å²) in [5.74, 6) is 0.487. The number of ether oxygens (including phenoxy) is 1. The number of aromatic nitrogens is 1. The second-order valence-corrected chi connectivity index (χ2v) is 3.19. The number of halogens is 1. The summed E-state index contributed by atoms with van der Waals surface area (Å²) in [5.41, 5.74) is 6.47. The van der Waals surface area contributed by atoms with E-state index in [1.807, 2.05) is 0 Å². The SMILES string of the molecule is CCCOCc1cc(Cl)cnc1N. The molecule has 13 heavy (non-hydrogen) atoms. The smallest absolute Gasteiger partial charge is 0.128 e. The molecule has 1 rings (SSSR count). The summed E-state index contributed by atoms with van der Waals surface area (Å²) in [6.07, 6.45) is 2.52. The Balaban J connectivity index is 2.59. The van der Waals surface area contributed by atoms with Crippen molar-refractivity contribution in [2.75, 3.05) is 12.3 Å². The zero-order valence-corrected chi connectivity index (χ0v) is 8.34. The first-order chi connectivity index (χ1) is 6.24. The predicted octanol–water partition coefficient (Wildman–Crippen LogP) is 2.24. The zero-order chi connectivity index (χ0) is 9.68. The van der Waals surface area contributed by atoms with Gasteiger partial charge in [-0.25, -0.2) is 4.98 Å². The van der Waals surface area contributed by atoms with Crippen molar-refractivity contribution >= 4 is 17.4 Å². The molecule has 0 saturated carbocycles. The van der Waals surface area contributed by atoms with Gasteiger partial charge < -0.3 is 10.5 Å². The molecule has 0 saturated heterocycles. The molecule has 1 heterocycles. The average molecular weight is 201 g/mol. The van der Waals surface area contributed by atoms with Crippen LogP contribution in [0.15, 0.2) is 12.3 Å². The van der Waals surface area contributed by atoms with Crippen molar-refractivity contribution < 1.29 is 4.74 Å². The average Bonchev–Trinajstić information content (AvgIpc) is 2.11. The third-order valence-corrected chi connectivity index (χ3v) is 1.78. The molecule has 0 amide bonds. The lowest BCUT2D eigenvalue weighted by molar-refractivity contribution is 0.122. The van der Waals surface area contributed by atoms with E-state index >= 15 is 0 Å². The van der Waals surface area contributed by atoms with Crippen LogP contribution in [-0.2, 0) is 11.3 Å². The molecule has 0 aliphatic rings. The van der Waals surface area contributed by atoms with Crippen LogP contribution < -0.4 is 5.73 Å². The van der Waals surface area contributed by atoms with Gasteiger partial charge in [0, 0.05) is 18.4 Å². The van der Waals surface area contributed by atoms with Crippen LogP contribution >= 0.6 is 11.6 Å². The second kappa shape index (κ2) is 5.04. The van der Waals surface area contributed by atoms with E-state index in [0.29, 0.717) is 17.4 Å². The van der Waals surface area contributed by atoms with Crippen molar-refractivity contribution in [1.29, 1.82) is 0 Å². The standard InChI is InChI=1S/C9H13ClN2O/c1-2-3-13-6-7-4-8(10)5-12-9(7)11/h4-5H,2-3,6H2,1H3,(H2,11,12). The van der Waals surface area contributed by atoms with Crippen LogP contribution in [0.25, 0.3) is 0 Å². The van der Waals surface area contributed by atoms with Gasteiger partial charge in [0.15, 0.2) is 0 Å². The van der Waals surface area contributed by atoms with Crippen molar-refractivity contribution in [3.8, 4) is 0 Å². The van der Waals surface area contributed by atoms with Gasteiger partial charge in [0.2, 0.25) is 0 Å². The number of anilines is 1. The Morgan fingerprint density at radius 2 is 2.38 bits per heavy atom. The normalized spacial score (nSPS) is 10.3. The Morgan fingerprint density at radius 3 is 3.08 bits per heavy atom. The molecule has 72 valence electrons. The highest BCUT2D eigenvalue weighted by Crippen LogP contribution is 2.15. The maximum absolute atomic E-state index is 5.76. The van der Waals surface area contributed by atoms with Crippen LogP contribution in [0.4, 0.5) is 5.82 Å². The fraction of sp³-hybridized carbons (Fsp3) is 0.444. The lowest BCUT2D eigenvalue weighted by Crippen LogP contribution is -2.00. The number of pyridine rings is 1. The van der Waals surface area contributed by atoms with Gasteiger partial charge in [0.25, 0.3) is 0 Å². The van der Waals surface area contributed by atoms with Crippen LogP contribution in [0.3, 0.4) is 0 Å². The minimum Gasteiger partial charge on any atom is -0.383 e. The van der Waals surface area contributed by atoms with Crippen molar-refractivity contribution in [1.82, 2.24) is 4.98 Å². The monoisotopic (exact) mass is 200 g/mol. The molecule has 3 nitrogen and oxygen atoms in total. The quantitative estimate of drug-likeness (QED) is 0.759. The van der Waals surface area contributed by atoms with E-state index in [1.54, 1.807) is 6.07 Å². The fourth-order valence-corrected chi connectivity index (χ4v) is 1.11. The molecule has 1 aromatic rings. The molecule has 0 atom stereocenters. The van der Waals surface area contributed by atoms with E-state index in [1.165, 1.54) is 6.20 Å². The van der Waals surface area contributed by atoms with E-state index in [4.69, 9.17) is 22.1 Å². The highest BCUT2D eigenvalue weighted by atomic mass is 35.5. The zero-order valence-electron chi connectivity index (χ0n) is 7.59. The summed E-state index contributed by atoms with van der Waals surface area (Å²) < 4.78 is 5.33. The first-order valence-corrected chi connectivity index (χ1v) is 4.59. The van der Waals surface area contributed by atoms with Crippen LogP contribution in [0.5, 0.6) is 0 Å². The van der Waals surface area contributed by atoms with Gasteiger partial charge in [-0.05, 0) is 12.5 Å². The van der Waals surface area contributed by atoms with Crippen molar-refractivity contribution in [3.63, 3.8) is 0 Å². The van der Waals surface area contributed by atoms with Gasteiger partial charge in [-0.1, -0.05) is 18.5 Å². The van der Waals surface area contributed by atoms with Gasteiger partial charge >= 0.3 is 0 Å². The number of nitrogens with zero attached hydrogens (tertiary/aromatic N) is 1. The van der Waals surface area contributed by atoms with E-state index in [0.717, 1.165) is 18.6 Å². The largest absolute Gasteiger partial charge is 0.383 e. The van der Waals surface area contributed by atoms with Crippen LogP contribution in [-0.4, -0.2) is 11.6 Å². The van der Waals surface area contributed by atoms with Crippen LogP contribution in [0.2, 0.25) is 5.02 Å².